The van der Waals surface area contributed by atoms with Gasteiger partial charge < -0.3 is 5.32 Å². The lowest BCUT2D eigenvalue weighted by Gasteiger charge is -2.10. The van der Waals surface area contributed by atoms with Crippen LogP contribution in [0.1, 0.15) is 11.1 Å². The minimum atomic E-state index is -0.294. The van der Waals surface area contributed by atoms with Gasteiger partial charge in [-0.25, -0.2) is 56.8 Å². The maximum Gasteiger partial charge on any atom is 0.215 e. The molecule has 14 aromatic heterocycles. The van der Waals surface area contributed by atoms with Crippen LogP contribution in [-0.4, -0.2) is 178 Å². The summed E-state index contributed by atoms with van der Waals surface area (Å²) in [6.45, 7) is 2.99. The van der Waals surface area contributed by atoms with E-state index < -0.39 is 0 Å². The highest BCUT2D eigenvalue weighted by Gasteiger charge is 2.19. The fourth-order valence-corrected chi connectivity index (χ4v) is 20.3. The maximum atomic E-state index is 13.3. The molecular formula is C101H77BrCl3F2N35S6. The fraction of sp³-hybridized carbons (Fsp3) is 0.0891. The van der Waals surface area contributed by atoms with Crippen LogP contribution in [0.5, 0.6) is 0 Å². The Hall–Kier alpha value is -15.7. The predicted octanol–water partition coefficient (Wildman–Crippen LogP) is 22.5. The number of tetrazole rings is 6. The van der Waals surface area contributed by atoms with Crippen LogP contribution in [0.25, 0.3) is 109 Å². The number of anilines is 1. The van der Waals surface area contributed by atoms with E-state index in [-0.39, 0.29) is 11.6 Å². The summed E-state index contributed by atoms with van der Waals surface area (Å²) < 4.78 is 36.8. The number of hydrogen-bond donors (Lipinski definition) is 1. The van der Waals surface area contributed by atoms with Crippen LogP contribution in [0.15, 0.2) is 376 Å². The molecule has 0 aliphatic rings. The number of benzene rings is 11. The number of rotatable bonds is 17. The molecule has 0 amide bonds. The highest BCUT2D eigenvalue weighted by molar-refractivity contribution is 9.10. The van der Waals surface area contributed by atoms with Gasteiger partial charge in [0.2, 0.25) is 30.9 Å². The van der Waals surface area contributed by atoms with Crippen molar-refractivity contribution in [2.45, 2.75) is 73.9 Å². The SMILES string of the molecule is Cc1ccc(CCNc2ccnc3ccc(Cl)cc23)cc1.Cn1nnnc1Sc1ccnc2ccc(Br)cc12.Cn1nnnc1Sc1ccnc2ccc(Cl)cc12.Cn1nnnc1Sc1ccnc2ccc(F)cc12.Cn1nnnc1Sc1ccnc2ccccc12.Cn1nnnc1Sc1ncnc2ccc(-c3cccc4ccccc34)cc12.Cn1nnnc1Sc1ncnc2ccccc12.Fc1ccc2nccc(Cl)c2c1. The number of nitrogens with one attached hydrogen (secondary N) is 1. The molecule has 25 rings (SSSR count). The molecule has 148 heavy (non-hydrogen) atoms. The summed E-state index contributed by atoms with van der Waals surface area (Å²) in [7, 11) is 10.8. The molecule has 25 aromatic rings. The maximum absolute atomic E-state index is 13.3. The summed E-state index contributed by atoms with van der Waals surface area (Å²) in [5, 5.41) is 89.8. The van der Waals surface area contributed by atoms with E-state index in [2.05, 4.69) is 262 Å². The minimum absolute atomic E-state index is 0.284. The van der Waals surface area contributed by atoms with E-state index >= 15 is 0 Å². The topological polar surface area (TPSA) is 403 Å². The normalized spacial score (nSPS) is 11.0. The lowest BCUT2D eigenvalue weighted by Crippen LogP contribution is -2.05. The molecule has 0 spiro atoms. The van der Waals surface area contributed by atoms with Crippen LogP contribution in [0.2, 0.25) is 15.1 Å². The Kier molecular flexibility index (Phi) is 33.9. The third-order valence-corrected chi connectivity index (χ3v) is 29.5. The van der Waals surface area contributed by atoms with Gasteiger partial charge >= 0.3 is 0 Å². The first-order valence-corrected chi connectivity index (χ1v) is 51.4. The third-order valence-electron chi connectivity index (χ3n) is 21.7. The van der Waals surface area contributed by atoms with Crippen molar-refractivity contribution in [3.8, 4) is 11.1 Å². The predicted molar refractivity (Wildman–Crippen MR) is 576 cm³/mol. The number of hydrogen-bond acceptors (Lipinski definition) is 35. The molecule has 0 saturated carbocycles. The highest BCUT2D eigenvalue weighted by atomic mass is 79.9. The van der Waals surface area contributed by atoms with E-state index in [1.54, 1.807) is 111 Å². The molecule has 0 aliphatic carbocycles. The van der Waals surface area contributed by atoms with Gasteiger partial charge in [-0.1, -0.05) is 165 Å². The van der Waals surface area contributed by atoms with Crippen LogP contribution >= 0.6 is 121 Å². The van der Waals surface area contributed by atoms with E-state index in [0.717, 1.165) is 155 Å². The van der Waals surface area contributed by atoms with E-state index in [0.29, 0.717) is 36.4 Å². The van der Waals surface area contributed by atoms with E-state index in [1.807, 2.05) is 155 Å². The van der Waals surface area contributed by atoms with Crippen molar-refractivity contribution < 1.29 is 8.78 Å². The van der Waals surface area contributed by atoms with Gasteiger partial charge in [0.05, 0.1) is 49.2 Å². The molecule has 14 heterocycles. The van der Waals surface area contributed by atoms with Gasteiger partial charge in [-0.3, -0.25) is 29.9 Å². The number of aryl methyl sites for hydroxylation is 7. The average molecular weight is 2200 g/mol. The summed E-state index contributed by atoms with van der Waals surface area (Å²) in [6, 6.07) is 83.2. The first kappa shape index (κ1) is 102. The zero-order valence-corrected chi connectivity index (χ0v) is 87.5. The van der Waals surface area contributed by atoms with Gasteiger partial charge in [-0.15, -0.1) is 30.6 Å². The molecule has 11 aromatic carbocycles. The first-order chi connectivity index (χ1) is 72.2. The second kappa shape index (κ2) is 49.0. The molecule has 1 N–H and O–H groups in total. The average Bonchev–Trinajstić information content (AvgIpc) is 0.869. The lowest BCUT2D eigenvalue weighted by molar-refractivity contribution is 0.629. The van der Waals surface area contributed by atoms with E-state index in [4.69, 9.17) is 34.8 Å². The zero-order valence-electron chi connectivity index (χ0n) is 78.8. The number of para-hydroxylation sites is 2. The van der Waals surface area contributed by atoms with Crippen molar-refractivity contribution in [3.63, 3.8) is 0 Å². The summed E-state index contributed by atoms with van der Waals surface area (Å²) in [6.07, 6.45) is 14.6. The Bertz CT molecular complexity index is 8540. The van der Waals surface area contributed by atoms with Gasteiger partial charge in [0.15, 0.2) is 0 Å². The number of aromatic nitrogens is 34. The summed E-state index contributed by atoms with van der Waals surface area (Å²) in [4.78, 5) is 47.0. The van der Waals surface area contributed by atoms with Crippen molar-refractivity contribution in [1.82, 2.24) is 171 Å². The molecule has 47 heteroatoms. The monoisotopic (exact) mass is 2190 g/mol. The Balaban J connectivity index is 0.000000112. The number of nitrogens with zero attached hydrogens (tertiary/aromatic N) is 34. The van der Waals surface area contributed by atoms with Crippen LogP contribution in [0, 0.1) is 18.6 Å². The van der Waals surface area contributed by atoms with Gasteiger partial charge in [-0.05, 0) is 326 Å². The molecule has 0 saturated heterocycles. The van der Waals surface area contributed by atoms with Crippen molar-refractivity contribution in [2.75, 3.05) is 11.9 Å². The Morgan fingerprint density at radius 3 is 1.18 bits per heavy atom. The number of fused-ring (bicyclic) bond motifs is 9. The molecule has 35 nitrogen and oxygen atoms in total. The molecule has 0 fully saturated rings. The van der Waals surface area contributed by atoms with Crippen LogP contribution < -0.4 is 5.32 Å². The van der Waals surface area contributed by atoms with Crippen LogP contribution in [0.3, 0.4) is 0 Å². The molecule has 0 aliphatic heterocycles. The Morgan fingerprint density at radius 1 is 0.304 bits per heavy atom. The first-order valence-electron chi connectivity index (χ1n) is 44.5. The van der Waals surface area contributed by atoms with Crippen molar-refractivity contribution in [2.24, 2.45) is 42.3 Å². The lowest BCUT2D eigenvalue weighted by atomic mass is 9.97. The second-order valence-electron chi connectivity index (χ2n) is 31.6. The highest BCUT2D eigenvalue weighted by Crippen LogP contribution is 2.40. The zero-order chi connectivity index (χ0) is 102. The van der Waals surface area contributed by atoms with Crippen LogP contribution in [0.4, 0.5) is 14.5 Å². The molecule has 0 atom stereocenters. The molecule has 0 unspecified atom stereocenters. The van der Waals surface area contributed by atoms with Gasteiger partial charge in [0.25, 0.3) is 0 Å². The molecule has 734 valence electrons. The summed E-state index contributed by atoms with van der Waals surface area (Å²) >= 11 is 30.2. The van der Waals surface area contributed by atoms with E-state index in [1.165, 1.54) is 122 Å². The summed E-state index contributed by atoms with van der Waals surface area (Å²) in [5.41, 5.74) is 13.1. The van der Waals surface area contributed by atoms with Gasteiger partial charge in [-0.2, -0.15) is 0 Å². The smallest absolute Gasteiger partial charge is 0.215 e. The minimum Gasteiger partial charge on any atom is -0.384 e. The molecule has 0 radical (unpaired) electrons. The van der Waals surface area contributed by atoms with Crippen LogP contribution in [-0.2, 0) is 48.7 Å². The largest absolute Gasteiger partial charge is 0.384 e. The van der Waals surface area contributed by atoms with Gasteiger partial charge in [0.1, 0.15) is 34.3 Å². The van der Waals surface area contributed by atoms with Crippen molar-refractivity contribution in [3.05, 3.63) is 353 Å². The standard InChI is InChI=1S/C20H14N6S.C18H17ClN2.C11H8BrN5S.C11H8ClN5S.C11H8FN5S.C11H9N5S.C10H8N6S.C9H5ClFN/c1-26-20(23-24-25-26)27-19-17-11-14(9-10-18(17)21-12-22-19)16-8-4-6-13-5-2-3-7-15(13)16;1-13-2-4-14(5-3-13)8-10-20-18-9-11-21-17-7-6-15(19)12-16(17)18;3*1-17-11(14-15-16-17)18-10-4-5-13-9-3-2-7(12)6-8(9)10;1-16-11(13-14-15-16)17-10-6-7-12-9-5-3-2-4-8(9)10;1-16-10(13-14-15-16)17-9-7-4-2-3-5-8(7)11-6-12-9;10-8-3-4-12-9-2-1-6(11)5-7(8)9/h2-12H,1H3;2-7,9,11-12H,8,10H2,1H3,(H,20,21);3*2-6H,1H3;2-7H,1H3;2-6H,1H3;1-5H. The quantitative estimate of drug-likeness (QED) is 0.0827. The second-order valence-corrected chi connectivity index (χ2v) is 39.8. The molecular weight excluding hydrogens is 2120 g/mol. The summed E-state index contributed by atoms with van der Waals surface area (Å²) in [5.74, 6) is -0.578. The number of halogens is 6. The van der Waals surface area contributed by atoms with Crippen molar-refractivity contribution in [1.29, 1.82) is 0 Å². The van der Waals surface area contributed by atoms with Crippen molar-refractivity contribution >= 4 is 225 Å². The third kappa shape index (κ3) is 26.0. The van der Waals surface area contributed by atoms with E-state index in [9.17, 15) is 8.78 Å². The Labute approximate surface area is 889 Å². The fourth-order valence-electron chi connectivity index (χ4n) is 14.4. The Morgan fingerprint density at radius 2 is 0.676 bits per heavy atom. The molecule has 0 bridgehead atoms. The number of pyridine rings is 6. The van der Waals surface area contributed by atoms with Gasteiger partial charge in [0, 0.05) is 169 Å².